The average Bonchev–Trinajstić information content (AvgIpc) is 3.98. The first-order valence-corrected chi connectivity index (χ1v) is 18.2. The van der Waals surface area contributed by atoms with E-state index in [1.165, 1.54) is 16.3 Å². The quantitative estimate of drug-likeness (QED) is 0.185. The zero-order chi connectivity index (χ0) is 35.3. The van der Waals surface area contributed by atoms with E-state index in [0.29, 0.717) is 0 Å². The van der Waals surface area contributed by atoms with Crippen molar-refractivity contribution in [2.75, 3.05) is 0 Å². The molecule has 0 N–H and O–H groups in total. The van der Waals surface area contributed by atoms with Crippen LogP contribution in [0.15, 0.2) is 180 Å². The first-order valence-electron chi connectivity index (χ1n) is 18.2. The maximum Gasteiger partial charge on any atom is 0.220 e. The van der Waals surface area contributed by atoms with E-state index in [2.05, 4.69) is 165 Å². The molecule has 0 amide bonds. The van der Waals surface area contributed by atoms with Gasteiger partial charge in [0.1, 0.15) is 11.3 Å². The largest absolute Gasteiger partial charge is 0.454 e. The predicted octanol–water partition coefficient (Wildman–Crippen LogP) is 12.2. The lowest BCUT2D eigenvalue weighted by atomic mass is 9.95. The van der Waals surface area contributed by atoms with Gasteiger partial charge in [0.2, 0.25) is 5.78 Å². The third-order valence-electron chi connectivity index (χ3n) is 10.9. The van der Waals surface area contributed by atoms with Gasteiger partial charge in [0.25, 0.3) is 0 Å². The Kier molecular flexibility index (Phi) is 5.96. The average molecular weight is 692 g/mol. The van der Waals surface area contributed by atoms with Gasteiger partial charge in [-0.3, -0.25) is 14.0 Å². The van der Waals surface area contributed by atoms with E-state index in [1.807, 2.05) is 24.4 Å². The summed E-state index contributed by atoms with van der Waals surface area (Å²) in [5, 5.41) is 4.55. The van der Waals surface area contributed by atoms with Crippen LogP contribution in [0.4, 0.5) is 0 Å². The van der Waals surface area contributed by atoms with E-state index in [1.54, 1.807) is 0 Å². The van der Waals surface area contributed by atoms with Crippen LogP contribution in [-0.2, 0) is 0 Å². The van der Waals surface area contributed by atoms with Crippen LogP contribution in [0.25, 0.3) is 105 Å². The number of hydrogen-bond acceptors (Lipinski definition) is 3. The van der Waals surface area contributed by atoms with Crippen molar-refractivity contribution in [1.82, 2.24) is 23.5 Å². The summed E-state index contributed by atoms with van der Waals surface area (Å²) in [5.74, 6) is 0.853. The molecule has 0 radical (unpaired) electrons. The lowest BCUT2D eigenvalue weighted by Crippen LogP contribution is -1.99. The Morgan fingerprint density at radius 1 is 0.444 bits per heavy atom. The molecule has 252 valence electrons. The van der Waals surface area contributed by atoms with Gasteiger partial charge in [0.15, 0.2) is 5.58 Å². The van der Waals surface area contributed by atoms with E-state index in [4.69, 9.17) is 14.4 Å². The van der Waals surface area contributed by atoms with Crippen molar-refractivity contribution in [3.63, 3.8) is 0 Å². The summed E-state index contributed by atoms with van der Waals surface area (Å²) in [4.78, 5) is 10.4. The molecule has 0 saturated carbocycles. The number of furan rings is 1. The molecule has 0 fully saturated rings. The highest BCUT2D eigenvalue weighted by Gasteiger charge is 2.25. The van der Waals surface area contributed by atoms with Crippen LogP contribution >= 0.6 is 0 Å². The summed E-state index contributed by atoms with van der Waals surface area (Å²) in [6.45, 7) is 0. The number of benzene rings is 7. The van der Waals surface area contributed by atoms with E-state index in [0.717, 1.165) is 89.1 Å². The van der Waals surface area contributed by atoms with Crippen LogP contribution in [0.2, 0.25) is 0 Å². The lowest BCUT2D eigenvalue weighted by Gasteiger charge is -2.15. The molecule has 12 aromatic rings. The van der Waals surface area contributed by atoms with Gasteiger partial charge >= 0.3 is 0 Å². The SMILES string of the molecule is c1ccc(-n2c3ccccc3c3ccc4nc5n(-c6ccccc6-c6ccccc6-c6nccc7c6oc6ccccc67)c6ccccc6n5c4c32)cc1. The van der Waals surface area contributed by atoms with Crippen molar-refractivity contribution in [3.8, 4) is 33.8 Å². The molecule has 12 rings (SSSR count). The molecule has 6 nitrogen and oxygen atoms in total. The Hall–Kier alpha value is -7.44. The third kappa shape index (κ3) is 3.94. The van der Waals surface area contributed by atoms with E-state index < -0.39 is 0 Å². The number of para-hydroxylation sites is 6. The van der Waals surface area contributed by atoms with Gasteiger partial charge in [-0.05, 0) is 66.2 Å². The summed E-state index contributed by atoms with van der Waals surface area (Å²) >= 11 is 0. The summed E-state index contributed by atoms with van der Waals surface area (Å²) in [6.07, 6.45) is 1.89. The normalized spacial score (nSPS) is 12.1. The van der Waals surface area contributed by atoms with E-state index in [-0.39, 0.29) is 0 Å². The maximum atomic E-state index is 6.50. The minimum atomic E-state index is 0.787. The second-order valence-electron chi connectivity index (χ2n) is 13.8. The van der Waals surface area contributed by atoms with Crippen LogP contribution in [0.3, 0.4) is 0 Å². The summed E-state index contributed by atoms with van der Waals surface area (Å²) in [7, 11) is 0. The monoisotopic (exact) mass is 691 g/mol. The van der Waals surface area contributed by atoms with Crippen LogP contribution in [0, 0.1) is 0 Å². The number of nitrogens with zero attached hydrogens (tertiary/aromatic N) is 5. The molecule has 5 aromatic heterocycles. The Morgan fingerprint density at radius 2 is 1.13 bits per heavy atom. The fraction of sp³-hybridized carbons (Fsp3) is 0. The van der Waals surface area contributed by atoms with Gasteiger partial charge in [-0.1, -0.05) is 109 Å². The van der Waals surface area contributed by atoms with Gasteiger partial charge in [-0.25, -0.2) is 4.98 Å². The highest BCUT2D eigenvalue weighted by molar-refractivity contribution is 6.18. The summed E-state index contributed by atoms with van der Waals surface area (Å²) in [5.41, 5.74) is 14.2. The first-order chi connectivity index (χ1) is 26.8. The topological polar surface area (TPSA) is 53.2 Å². The summed E-state index contributed by atoms with van der Waals surface area (Å²) < 4.78 is 13.6. The molecule has 0 unspecified atom stereocenters. The second-order valence-corrected chi connectivity index (χ2v) is 13.8. The smallest absolute Gasteiger partial charge is 0.220 e. The van der Waals surface area contributed by atoms with Crippen molar-refractivity contribution >= 4 is 71.6 Å². The molecule has 7 aromatic carbocycles. The van der Waals surface area contributed by atoms with Crippen LogP contribution < -0.4 is 0 Å². The van der Waals surface area contributed by atoms with Gasteiger partial charge in [-0.15, -0.1) is 0 Å². The number of imidazole rings is 2. The van der Waals surface area contributed by atoms with Gasteiger partial charge in [-0.2, -0.15) is 0 Å². The van der Waals surface area contributed by atoms with E-state index >= 15 is 0 Å². The molecule has 0 aliphatic heterocycles. The number of aromatic nitrogens is 5. The highest BCUT2D eigenvalue weighted by atomic mass is 16.3. The summed E-state index contributed by atoms with van der Waals surface area (Å²) in [6, 6.07) is 59.7. The lowest BCUT2D eigenvalue weighted by molar-refractivity contribution is 0.668. The van der Waals surface area contributed by atoms with Crippen LogP contribution in [0.1, 0.15) is 0 Å². The Labute approximate surface area is 308 Å². The van der Waals surface area contributed by atoms with Crippen molar-refractivity contribution in [3.05, 3.63) is 176 Å². The molecular formula is C48H29N5O. The minimum absolute atomic E-state index is 0.787. The standard InChI is InChI=1S/C48H29N5O/c1-2-14-30(15-3-1)51-39-21-9-7-18-33(39)36-26-27-38-46(45(36)51)53-42-24-12-11-23-41(42)52(48(53)50-38)40-22-10-6-17-32(40)31-16-4-5-20-35(31)44-47-37(28-29-49-44)34-19-8-13-25-43(34)54-47/h1-29H. The Morgan fingerprint density at radius 3 is 2.00 bits per heavy atom. The van der Waals surface area contributed by atoms with Gasteiger partial charge in [0, 0.05) is 44.6 Å². The molecule has 0 bridgehead atoms. The molecule has 0 aliphatic rings. The maximum absolute atomic E-state index is 6.50. The molecule has 6 heteroatoms. The van der Waals surface area contributed by atoms with E-state index in [9.17, 15) is 0 Å². The predicted molar refractivity (Wildman–Crippen MR) is 220 cm³/mol. The Bertz CT molecular complexity index is 3450. The fourth-order valence-electron chi connectivity index (χ4n) is 8.67. The molecule has 0 saturated heterocycles. The molecule has 5 heterocycles. The third-order valence-corrected chi connectivity index (χ3v) is 10.9. The van der Waals surface area contributed by atoms with Crippen molar-refractivity contribution in [2.45, 2.75) is 0 Å². The number of pyridine rings is 1. The molecule has 54 heavy (non-hydrogen) atoms. The first kappa shape index (κ1) is 29.2. The molecule has 0 atom stereocenters. The van der Waals surface area contributed by atoms with Crippen LogP contribution in [-0.4, -0.2) is 23.5 Å². The fourth-order valence-corrected chi connectivity index (χ4v) is 8.67. The van der Waals surface area contributed by atoms with Crippen LogP contribution in [0.5, 0.6) is 0 Å². The van der Waals surface area contributed by atoms with Crippen molar-refractivity contribution in [1.29, 1.82) is 0 Å². The Balaban J connectivity index is 1.17. The van der Waals surface area contributed by atoms with Crippen molar-refractivity contribution in [2.24, 2.45) is 0 Å². The highest BCUT2D eigenvalue weighted by Crippen LogP contribution is 2.43. The second kappa shape index (κ2) is 11.0. The number of fused-ring (bicyclic) bond motifs is 12. The van der Waals surface area contributed by atoms with Crippen molar-refractivity contribution < 1.29 is 4.42 Å². The van der Waals surface area contributed by atoms with Gasteiger partial charge < -0.3 is 8.98 Å². The number of rotatable bonds is 4. The molecule has 0 spiro atoms. The van der Waals surface area contributed by atoms with Gasteiger partial charge in [0.05, 0.1) is 38.8 Å². The zero-order valence-electron chi connectivity index (χ0n) is 28.9. The zero-order valence-corrected chi connectivity index (χ0v) is 28.9. The molecule has 0 aliphatic carbocycles. The number of hydrogen-bond donors (Lipinski definition) is 0. The molecular weight excluding hydrogens is 663 g/mol. The minimum Gasteiger partial charge on any atom is -0.454 e.